The molecule has 1 atom stereocenters. The zero-order chi connectivity index (χ0) is 22.6. The summed E-state index contributed by atoms with van der Waals surface area (Å²) in [7, 11) is 0. The van der Waals surface area contributed by atoms with Crippen molar-refractivity contribution in [2.24, 2.45) is 4.99 Å². The largest absolute Gasteiger partial charge is 0.484 e. The topological polar surface area (TPSA) is 91.1 Å². The van der Waals surface area contributed by atoms with Gasteiger partial charge in [0.05, 0.1) is 18.8 Å². The number of carbonyl (C=O) groups excluding carboxylic acids is 1. The molecule has 2 aromatic rings. The first-order valence-corrected chi connectivity index (χ1v) is 11.5. The van der Waals surface area contributed by atoms with Gasteiger partial charge in [0, 0.05) is 19.6 Å². The maximum absolute atomic E-state index is 11.6. The van der Waals surface area contributed by atoms with Gasteiger partial charge in [-0.3, -0.25) is 9.69 Å². The highest BCUT2D eigenvalue weighted by atomic mass is 16.5. The van der Waals surface area contributed by atoms with Crippen molar-refractivity contribution in [2.75, 3.05) is 39.3 Å². The molecule has 32 heavy (non-hydrogen) atoms. The van der Waals surface area contributed by atoms with E-state index in [2.05, 4.69) is 27.8 Å². The van der Waals surface area contributed by atoms with Crippen molar-refractivity contribution in [3.63, 3.8) is 0 Å². The quantitative estimate of drug-likeness (QED) is 0.367. The second-order valence-electron chi connectivity index (χ2n) is 7.74. The number of rotatable bonds is 11. The Bertz CT molecular complexity index is 847. The van der Waals surface area contributed by atoms with Gasteiger partial charge in [-0.2, -0.15) is 0 Å². The van der Waals surface area contributed by atoms with Crippen LogP contribution in [-0.4, -0.2) is 56.1 Å². The third-order valence-corrected chi connectivity index (χ3v) is 5.32. The first kappa shape index (κ1) is 23.7. The molecular weight excluding hydrogens is 406 g/mol. The summed E-state index contributed by atoms with van der Waals surface area (Å²) < 4.78 is 11.3. The molecule has 1 unspecified atom stereocenters. The van der Waals surface area contributed by atoms with E-state index in [1.807, 2.05) is 43.3 Å². The minimum Gasteiger partial charge on any atom is -0.484 e. The number of ether oxygens (including phenoxy) is 1. The Morgan fingerprint density at radius 1 is 1.12 bits per heavy atom. The fourth-order valence-corrected chi connectivity index (χ4v) is 3.78. The molecule has 1 aromatic heterocycles. The van der Waals surface area contributed by atoms with Crippen LogP contribution in [0.1, 0.15) is 44.1 Å². The summed E-state index contributed by atoms with van der Waals surface area (Å²) in [6, 6.07) is 11.9. The number of furan rings is 1. The molecule has 0 bridgehead atoms. The van der Waals surface area contributed by atoms with Crippen molar-refractivity contribution in [1.82, 2.24) is 20.9 Å². The maximum atomic E-state index is 11.6. The number of amides is 1. The summed E-state index contributed by atoms with van der Waals surface area (Å²) in [5, 5.41) is 9.52. The third-order valence-electron chi connectivity index (χ3n) is 5.32. The summed E-state index contributed by atoms with van der Waals surface area (Å²) in [5.41, 5.74) is 1.01. The van der Waals surface area contributed by atoms with Crippen molar-refractivity contribution in [3.05, 3.63) is 54.0 Å². The summed E-state index contributed by atoms with van der Waals surface area (Å²) in [5.74, 6) is 2.27. The fraction of sp³-hybridized carbons (Fsp3) is 0.500. The molecule has 3 N–H and O–H groups in total. The first-order chi connectivity index (χ1) is 15.7. The lowest BCUT2D eigenvalue weighted by molar-refractivity contribution is -0.122. The van der Waals surface area contributed by atoms with Crippen molar-refractivity contribution in [2.45, 2.75) is 39.3 Å². The molecular formula is C24H35N5O3. The van der Waals surface area contributed by atoms with Crippen molar-refractivity contribution in [1.29, 1.82) is 0 Å². The van der Waals surface area contributed by atoms with Gasteiger partial charge in [-0.25, -0.2) is 4.99 Å². The van der Waals surface area contributed by atoms with Crippen LogP contribution in [0.25, 0.3) is 0 Å². The predicted molar refractivity (Wildman–Crippen MR) is 126 cm³/mol. The number of guanidine groups is 1. The molecule has 1 aliphatic rings. The third kappa shape index (κ3) is 7.30. The molecule has 1 saturated heterocycles. The molecule has 8 heteroatoms. The number of likely N-dealkylation sites (tertiary alicyclic amines) is 1. The number of likely N-dealkylation sites (N-methyl/N-ethyl adjacent to an activating group) is 1. The minimum atomic E-state index is -0.126. The van der Waals surface area contributed by atoms with E-state index in [0.717, 1.165) is 43.5 Å². The van der Waals surface area contributed by atoms with Crippen LogP contribution in [0, 0.1) is 0 Å². The van der Waals surface area contributed by atoms with Gasteiger partial charge in [0.1, 0.15) is 11.5 Å². The fourth-order valence-electron chi connectivity index (χ4n) is 3.78. The SMILES string of the molecule is CCNC(=O)COc1cccc(CN=C(NCC)NCC(c2ccco2)N2CCCC2)c1. The summed E-state index contributed by atoms with van der Waals surface area (Å²) in [6.07, 6.45) is 4.19. The minimum absolute atomic E-state index is 0.00935. The smallest absolute Gasteiger partial charge is 0.257 e. The zero-order valence-electron chi connectivity index (χ0n) is 19.1. The highest BCUT2D eigenvalue weighted by Crippen LogP contribution is 2.24. The average Bonchev–Trinajstić information content (AvgIpc) is 3.52. The van der Waals surface area contributed by atoms with Crippen LogP contribution >= 0.6 is 0 Å². The second-order valence-corrected chi connectivity index (χ2v) is 7.74. The van der Waals surface area contributed by atoms with E-state index in [1.165, 1.54) is 12.8 Å². The van der Waals surface area contributed by atoms with Crippen LogP contribution in [0.5, 0.6) is 5.75 Å². The Kier molecular flexibility index (Phi) is 9.43. The van der Waals surface area contributed by atoms with Crippen LogP contribution in [0.15, 0.2) is 52.1 Å². The molecule has 1 amide bonds. The molecule has 174 valence electrons. The lowest BCUT2D eigenvalue weighted by atomic mass is 10.2. The van der Waals surface area contributed by atoms with E-state index in [0.29, 0.717) is 18.8 Å². The normalized spacial score (nSPS) is 15.4. The number of nitrogens with zero attached hydrogens (tertiary/aromatic N) is 2. The molecule has 0 saturated carbocycles. The predicted octanol–water partition coefficient (Wildman–Crippen LogP) is 2.69. The van der Waals surface area contributed by atoms with Gasteiger partial charge in [0.15, 0.2) is 12.6 Å². The number of carbonyl (C=O) groups is 1. The lowest BCUT2D eigenvalue weighted by Crippen LogP contribution is -2.42. The monoisotopic (exact) mass is 441 g/mol. The Balaban J connectivity index is 1.59. The van der Waals surface area contributed by atoms with E-state index in [-0.39, 0.29) is 18.6 Å². The number of benzene rings is 1. The molecule has 2 heterocycles. The van der Waals surface area contributed by atoms with E-state index in [9.17, 15) is 4.79 Å². The Hall–Kier alpha value is -3.00. The molecule has 1 aromatic carbocycles. The molecule has 0 radical (unpaired) electrons. The van der Waals surface area contributed by atoms with Gasteiger partial charge in [-0.05, 0) is 69.6 Å². The summed E-state index contributed by atoms with van der Waals surface area (Å²) in [6.45, 7) is 8.71. The van der Waals surface area contributed by atoms with Crippen LogP contribution in [-0.2, 0) is 11.3 Å². The lowest BCUT2D eigenvalue weighted by Gasteiger charge is -2.26. The van der Waals surface area contributed by atoms with Gasteiger partial charge >= 0.3 is 0 Å². The Labute approximate surface area is 190 Å². The average molecular weight is 442 g/mol. The van der Waals surface area contributed by atoms with E-state index >= 15 is 0 Å². The molecule has 1 aliphatic heterocycles. The summed E-state index contributed by atoms with van der Waals surface area (Å²) >= 11 is 0. The Morgan fingerprint density at radius 3 is 2.66 bits per heavy atom. The number of hydrogen-bond acceptors (Lipinski definition) is 5. The van der Waals surface area contributed by atoms with Gasteiger partial charge in [-0.1, -0.05) is 12.1 Å². The van der Waals surface area contributed by atoms with E-state index in [4.69, 9.17) is 14.1 Å². The molecule has 0 aliphatic carbocycles. The van der Waals surface area contributed by atoms with Crippen LogP contribution in [0.3, 0.4) is 0 Å². The van der Waals surface area contributed by atoms with Crippen molar-refractivity contribution >= 4 is 11.9 Å². The van der Waals surface area contributed by atoms with Crippen molar-refractivity contribution < 1.29 is 13.9 Å². The molecule has 0 spiro atoms. The van der Waals surface area contributed by atoms with Crippen LogP contribution in [0.4, 0.5) is 0 Å². The maximum Gasteiger partial charge on any atom is 0.257 e. The van der Waals surface area contributed by atoms with Gasteiger partial charge in [-0.15, -0.1) is 0 Å². The number of nitrogens with one attached hydrogen (secondary N) is 3. The Morgan fingerprint density at radius 2 is 1.94 bits per heavy atom. The van der Waals surface area contributed by atoms with E-state index in [1.54, 1.807) is 6.26 Å². The number of aliphatic imine (C=N–C) groups is 1. The van der Waals surface area contributed by atoms with Gasteiger partial charge < -0.3 is 25.1 Å². The van der Waals surface area contributed by atoms with Crippen LogP contribution < -0.4 is 20.7 Å². The van der Waals surface area contributed by atoms with Crippen molar-refractivity contribution in [3.8, 4) is 5.75 Å². The highest BCUT2D eigenvalue weighted by molar-refractivity contribution is 5.79. The number of hydrogen-bond donors (Lipinski definition) is 3. The van der Waals surface area contributed by atoms with Gasteiger partial charge in [0.2, 0.25) is 0 Å². The second kappa shape index (κ2) is 12.8. The summed E-state index contributed by atoms with van der Waals surface area (Å²) in [4.78, 5) is 18.8. The molecule has 1 fully saturated rings. The highest BCUT2D eigenvalue weighted by Gasteiger charge is 2.25. The van der Waals surface area contributed by atoms with Crippen LogP contribution in [0.2, 0.25) is 0 Å². The molecule has 8 nitrogen and oxygen atoms in total. The standard InChI is InChI=1S/C24H35N5O3/c1-3-25-23(30)18-32-20-10-7-9-19(15-20)16-27-24(26-4-2)28-17-21(22-11-8-14-31-22)29-12-5-6-13-29/h7-11,14-15,21H,3-6,12-13,16-18H2,1-2H3,(H,25,30)(H2,26,27,28). The molecule has 3 rings (SSSR count). The van der Waals surface area contributed by atoms with Gasteiger partial charge in [0.25, 0.3) is 5.91 Å². The first-order valence-electron chi connectivity index (χ1n) is 11.5. The zero-order valence-corrected chi connectivity index (χ0v) is 19.1. The van der Waals surface area contributed by atoms with E-state index < -0.39 is 0 Å².